The van der Waals surface area contributed by atoms with E-state index in [0.717, 1.165) is 5.56 Å². The first kappa shape index (κ1) is 8.52. The fraction of sp³-hybridized carbons (Fsp3) is 0.250. The number of aromatic nitrogens is 2. The van der Waals surface area contributed by atoms with Crippen LogP contribution < -0.4 is 5.73 Å². The van der Waals surface area contributed by atoms with E-state index in [-0.39, 0.29) is 0 Å². The number of nitrogen functional groups attached to an aromatic ring is 1. The van der Waals surface area contributed by atoms with Gasteiger partial charge in [0.15, 0.2) is 11.6 Å². The van der Waals surface area contributed by atoms with Crippen LogP contribution in [0.15, 0.2) is 11.1 Å². The van der Waals surface area contributed by atoms with Crippen molar-refractivity contribution in [1.29, 1.82) is 0 Å². The number of hydrogen-bond donors (Lipinski definition) is 1. The standard InChI is InChI=1S/C8H12N4/c1-4-5-12-8(10-3)6(2)7(9)11-12/h4-5H,3H2,1-2H3,(H2,9,11)/b5-4-. The zero-order chi connectivity index (χ0) is 9.14. The molecular weight excluding hydrogens is 152 g/mol. The summed E-state index contributed by atoms with van der Waals surface area (Å²) in [6.45, 7) is 7.22. The summed E-state index contributed by atoms with van der Waals surface area (Å²) in [6.07, 6.45) is 3.65. The van der Waals surface area contributed by atoms with E-state index >= 15 is 0 Å². The van der Waals surface area contributed by atoms with Crippen molar-refractivity contribution in [2.45, 2.75) is 13.8 Å². The summed E-state index contributed by atoms with van der Waals surface area (Å²) in [6, 6.07) is 0. The average Bonchev–Trinajstić information content (AvgIpc) is 2.29. The van der Waals surface area contributed by atoms with Gasteiger partial charge in [-0.3, -0.25) is 0 Å². The van der Waals surface area contributed by atoms with Crippen LogP contribution in [0.3, 0.4) is 0 Å². The Morgan fingerprint density at radius 3 is 2.83 bits per heavy atom. The summed E-state index contributed by atoms with van der Waals surface area (Å²) < 4.78 is 1.61. The maximum Gasteiger partial charge on any atom is 0.159 e. The van der Waals surface area contributed by atoms with Crippen molar-refractivity contribution in [2.24, 2.45) is 4.99 Å². The predicted molar refractivity (Wildman–Crippen MR) is 51.6 cm³/mol. The highest BCUT2D eigenvalue weighted by Crippen LogP contribution is 2.22. The van der Waals surface area contributed by atoms with E-state index in [0.29, 0.717) is 11.6 Å². The molecule has 1 aromatic rings. The van der Waals surface area contributed by atoms with Gasteiger partial charge in [0.2, 0.25) is 0 Å². The van der Waals surface area contributed by atoms with Gasteiger partial charge in [0.25, 0.3) is 0 Å². The van der Waals surface area contributed by atoms with E-state index in [1.165, 1.54) is 0 Å². The molecule has 4 heteroatoms. The van der Waals surface area contributed by atoms with Crippen LogP contribution in [0, 0.1) is 6.92 Å². The normalized spacial score (nSPS) is 10.8. The molecule has 0 unspecified atom stereocenters. The van der Waals surface area contributed by atoms with Crippen LogP contribution in [0.1, 0.15) is 12.5 Å². The number of rotatable bonds is 2. The largest absolute Gasteiger partial charge is 0.382 e. The van der Waals surface area contributed by atoms with Gasteiger partial charge < -0.3 is 5.73 Å². The zero-order valence-electron chi connectivity index (χ0n) is 7.28. The first-order valence-corrected chi connectivity index (χ1v) is 3.64. The lowest BCUT2D eigenvalue weighted by atomic mass is 10.3. The van der Waals surface area contributed by atoms with Crippen molar-refractivity contribution in [3.05, 3.63) is 11.6 Å². The highest BCUT2D eigenvalue weighted by Gasteiger charge is 2.07. The first-order chi connectivity index (χ1) is 5.70. The molecule has 0 aliphatic heterocycles. The second-order valence-electron chi connectivity index (χ2n) is 2.42. The zero-order valence-corrected chi connectivity index (χ0v) is 7.28. The Bertz CT molecular complexity index is 322. The minimum Gasteiger partial charge on any atom is -0.382 e. The molecule has 2 N–H and O–H groups in total. The summed E-state index contributed by atoms with van der Waals surface area (Å²) in [5.74, 6) is 1.20. The highest BCUT2D eigenvalue weighted by atomic mass is 15.3. The summed E-state index contributed by atoms with van der Waals surface area (Å²) in [5, 5.41) is 4.04. The minimum atomic E-state index is 0.496. The number of nitrogens with zero attached hydrogens (tertiary/aromatic N) is 3. The lowest BCUT2D eigenvalue weighted by molar-refractivity contribution is 0.938. The molecule has 64 valence electrons. The predicted octanol–water partition coefficient (Wildman–Crippen LogP) is 1.60. The number of hydrogen-bond acceptors (Lipinski definition) is 3. The Hall–Kier alpha value is -1.58. The molecule has 0 aliphatic rings. The second kappa shape index (κ2) is 3.21. The molecular formula is C8H12N4. The van der Waals surface area contributed by atoms with E-state index in [9.17, 15) is 0 Å². The van der Waals surface area contributed by atoms with Crippen molar-refractivity contribution in [3.63, 3.8) is 0 Å². The molecule has 1 aromatic heterocycles. The van der Waals surface area contributed by atoms with E-state index in [1.807, 2.05) is 19.9 Å². The van der Waals surface area contributed by atoms with Gasteiger partial charge in [0, 0.05) is 11.8 Å². The van der Waals surface area contributed by atoms with Crippen LogP contribution in [0.5, 0.6) is 0 Å². The molecule has 0 amide bonds. The Morgan fingerprint density at radius 2 is 2.33 bits per heavy atom. The summed E-state index contributed by atoms with van der Waals surface area (Å²) >= 11 is 0. The van der Waals surface area contributed by atoms with E-state index in [2.05, 4.69) is 16.8 Å². The topological polar surface area (TPSA) is 56.2 Å². The number of allylic oxidation sites excluding steroid dienone is 1. The third kappa shape index (κ3) is 1.23. The Labute approximate surface area is 71.4 Å². The molecule has 0 radical (unpaired) electrons. The van der Waals surface area contributed by atoms with Crippen LogP contribution in [0.25, 0.3) is 6.20 Å². The molecule has 0 atom stereocenters. The van der Waals surface area contributed by atoms with Crippen molar-refractivity contribution < 1.29 is 0 Å². The number of nitrogens with two attached hydrogens (primary N) is 1. The fourth-order valence-corrected chi connectivity index (χ4v) is 0.961. The van der Waals surface area contributed by atoms with Crippen molar-refractivity contribution in [3.8, 4) is 0 Å². The van der Waals surface area contributed by atoms with Gasteiger partial charge in [0.1, 0.15) is 0 Å². The van der Waals surface area contributed by atoms with Crippen LogP contribution in [0.2, 0.25) is 0 Å². The molecule has 0 aliphatic carbocycles. The Morgan fingerprint density at radius 1 is 1.67 bits per heavy atom. The maximum atomic E-state index is 5.59. The molecule has 1 heterocycles. The minimum absolute atomic E-state index is 0.496. The van der Waals surface area contributed by atoms with Gasteiger partial charge >= 0.3 is 0 Å². The van der Waals surface area contributed by atoms with Crippen molar-refractivity contribution >= 4 is 24.6 Å². The molecule has 0 saturated heterocycles. The van der Waals surface area contributed by atoms with E-state index < -0.39 is 0 Å². The van der Waals surface area contributed by atoms with E-state index in [1.54, 1.807) is 10.9 Å². The maximum absolute atomic E-state index is 5.59. The summed E-state index contributed by atoms with van der Waals surface area (Å²) in [7, 11) is 0. The molecule has 0 saturated carbocycles. The van der Waals surface area contributed by atoms with Gasteiger partial charge in [-0.15, -0.1) is 5.10 Å². The van der Waals surface area contributed by atoms with Gasteiger partial charge in [-0.05, 0) is 20.6 Å². The van der Waals surface area contributed by atoms with E-state index in [4.69, 9.17) is 5.73 Å². The summed E-state index contributed by atoms with van der Waals surface area (Å²) in [5.41, 5.74) is 6.46. The molecule has 4 nitrogen and oxygen atoms in total. The quantitative estimate of drug-likeness (QED) is 0.675. The smallest absolute Gasteiger partial charge is 0.159 e. The lowest BCUT2D eigenvalue weighted by Crippen LogP contribution is -1.90. The summed E-state index contributed by atoms with van der Waals surface area (Å²) in [4.78, 5) is 3.83. The SMILES string of the molecule is C=Nc1c(C)c(N)nn1/C=C\C. The van der Waals surface area contributed by atoms with Gasteiger partial charge in [-0.25, -0.2) is 9.67 Å². The molecule has 0 spiro atoms. The van der Waals surface area contributed by atoms with Gasteiger partial charge in [-0.2, -0.15) is 0 Å². The molecule has 12 heavy (non-hydrogen) atoms. The van der Waals surface area contributed by atoms with Crippen molar-refractivity contribution in [2.75, 3.05) is 5.73 Å². The molecule has 0 bridgehead atoms. The molecule has 0 aromatic carbocycles. The van der Waals surface area contributed by atoms with Crippen LogP contribution in [0.4, 0.5) is 11.6 Å². The first-order valence-electron chi connectivity index (χ1n) is 3.64. The Balaban J connectivity index is 3.28. The highest BCUT2D eigenvalue weighted by molar-refractivity contribution is 5.58. The number of aliphatic imine (C=N–C) groups is 1. The second-order valence-corrected chi connectivity index (χ2v) is 2.42. The van der Waals surface area contributed by atoms with Gasteiger partial charge in [-0.1, -0.05) is 6.08 Å². The molecule has 1 rings (SSSR count). The van der Waals surface area contributed by atoms with Crippen LogP contribution >= 0.6 is 0 Å². The van der Waals surface area contributed by atoms with Gasteiger partial charge in [0.05, 0.1) is 0 Å². The monoisotopic (exact) mass is 164 g/mol. The van der Waals surface area contributed by atoms with Crippen LogP contribution in [-0.2, 0) is 0 Å². The van der Waals surface area contributed by atoms with Crippen LogP contribution in [-0.4, -0.2) is 16.5 Å². The fourth-order valence-electron chi connectivity index (χ4n) is 0.961. The lowest BCUT2D eigenvalue weighted by Gasteiger charge is -1.94. The molecule has 0 fully saturated rings. The average molecular weight is 164 g/mol. The number of anilines is 1. The Kier molecular flexibility index (Phi) is 2.28. The van der Waals surface area contributed by atoms with Crippen molar-refractivity contribution in [1.82, 2.24) is 9.78 Å². The third-order valence-corrected chi connectivity index (χ3v) is 1.59. The third-order valence-electron chi connectivity index (χ3n) is 1.59.